The van der Waals surface area contributed by atoms with Gasteiger partial charge in [0, 0.05) is 12.1 Å². The lowest BCUT2D eigenvalue weighted by Crippen LogP contribution is -2.44. The van der Waals surface area contributed by atoms with Gasteiger partial charge in [0.2, 0.25) is 5.91 Å². The molecule has 6 heteroatoms. The van der Waals surface area contributed by atoms with E-state index in [4.69, 9.17) is 4.74 Å². The molecule has 0 bridgehead atoms. The number of benzene rings is 1. The third kappa shape index (κ3) is 7.25. The first-order chi connectivity index (χ1) is 12.6. The number of hydrogen-bond donors (Lipinski definition) is 1. The van der Waals surface area contributed by atoms with E-state index in [-0.39, 0.29) is 18.0 Å². The van der Waals surface area contributed by atoms with Crippen molar-refractivity contribution < 1.29 is 24.2 Å². The van der Waals surface area contributed by atoms with E-state index < -0.39 is 30.0 Å². The molecule has 0 aliphatic rings. The maximum atomic E-state index is 13.1. The van der Waals surface area contributed by atoms with Crippen molar-refractivity contribution in [3.63, 3.8) is 0 Å². The van der Waals surface area contributed by atoms with Crippen LogP contribution < -0.4 is 0 Å². The second kappa shape index (κ2) is 10.5. The monoisotopic (exact) mass is 375 g/mol. The van der Waals surface area contributed by atoms with Crippen LogP contribution in [-0.4, -0.2) is 40.6 Å². The largest absolute Gasteiger partial charge is 0.478 e. The molecule has 0 heterocycles. The van der Waals surface area contributed by atoms with E-state index >= 15 is 0 Å². The molecular weight excluding hydrogens is 346 g/mol. The van der Waals surface area contributed by atoms with Gasteiger partial charge in [0.25, 0.3) is 0 Å². The van der Waals surface area contributed by atoms with Crippen molar-refractivity contribution >= 4 is 18.0 Å². The fraction of sp³-hybridized carbons (Fsp3) is 0.476. The highest BCUT2D eigenvalue weighted by molar-refractivity contribution is 6.00. The molecule has 0 fully saturated rings. The highest BCUT2D eigenvalue weighted by atomic mass is 16.6. The minimum Gasteiger partial charge on any atom is -0.478 e. The summed E-state index contributed by atoms with van der Waals surface area (Å²) >= 11 is 0. The van der Waals surface area contributed by atoms with Crippen molar-refractivity contribution in [2.75, 3.05) is 6.54 Å². The summed E-state index contributed by atoms with van der Waals surface area (Å²) in [7, 11) is 0. The topological polar surface area (TPSA) is 83.9 Å². The molecule has 1 aromatic rings. The lowest BCUT2D eigenvalue weighted by Gasteiger charge is -2.27. The number of carboxylic acids is 1. The fourth-order valence-corrected chi connectivity index (χ4v) is 2.64. The van der Waals surface area contributed by atoms with Gasteiger partial charge in [-0.25, -0.2) is 14.5 Å². The highest BCUT2D eigenvalue weighted by Crippen LogP contribution is 2.23. The minimum absolute atomic E-state index is 0.0622. The van der Waals surface area contributed by atoms with E-state index in [1.165, 1.54) is 0 Å². The Labute approximate surface area is 160 Å². The number of ether oxygens (including phenoxy) is 1. The molecule has 1 unspecified atom stereocenters. The summed E-state index contributed by atoms with van der Waals surface area (Å²) in [4.78, 5) is 38.0. The second-order valence-electron chi connectivity index (χ2n) is 7.17. The van der Waals surface area contributed by atoms with Crippen LogP contribution >= 0.6 is 0 Å². The Morgan fingerprint density at radius 1 is 1.11 bits per heavy atom. The third-order valence-corrected chi connectivity index (χ3v) is 3.99. The number of imide groups is 1. The quantitative estimate of drug-likeness (QED) is 0.662. The van der Waals surface area contributed by atoms with Gasteiger partial charge in [0.15, 0.2) is 0 Å². The average Bonchev–Trinajstić information content (AvgIpc) is 2.59. The summed E-state index contributed by atoms with van der Waals surface area (Å²) in [5.41, 5.74) is 0.751. The van der Waals surface area contributed by atoms with Crippen LogP contribution in [0.2, 0.25) is 0 Å². The number of nitrogens with zero attached hydrogens (tertiary/aromatic N) is 1. The predicted molar refractivity (Wildman–Crippen MR) is 103 cm³/mol. The average molecular weight is 375 g/mol. The summed E-state index contributed by atoms with van der Waals surface area (Å²) in [6.45, 7) is 10.8. The number of rotatable bonds is 9. The Morgan fingerprint density at radius 2 is 1.70 bits per heavy atom. The molecule has 0 radical (unpaired) electrons. The molecule has 6 nitrogen and oxygen atoms in total. The van der Waals surface area contributed by atoms with Crippen molar-refractivity contribution in [2.24, 2.45) is 11.8 Å². The van der Waals surface area contributed by atoms with E-state index in [9.17, 15) is 19.5 Å². The van der Waals surface area contributed by atoms with E-state index in [1.54, 1.807) is 13.8 Å². The zero-order valence-electron chi connectivity index (χ0n) is 16.5. The standard InChI is InChI=1S/C21H29NO5/c1-14(2)13-18(16(5)20(24)25)19(23)22(21(26)27-15(3)4)12-11-17-9-7-6-8-10-17/h6-10,14-15,18H,5,11-13H2,1-4H3,(H,24,25). The first-order valence-electron chi connectivity index (χ1n) is 9.11. The van der Waals surface area contributed by atoms with Crippen LogP contribution in [0.15, 0.2) is 42.5 Å². The van der Waals surface area contributed by atoms with Crippen LogP contribution in [-0.2, 0) is 20.7 Å². The molecule has 1 N–H and O–H groups in total. The van der Waals surface area contributed by atoms with Crippen LogP contribution in [0.4, 0.5) is 4.79 Å². The zero-order chi connectivity index (χ0) is 20.6. The van der Waals surface area contributed by atoms with Gasteiger partial charge in [-0.2, -0.15) is 0 Å². The summed E-state index contributed by atoms with van der Waals surface area (Å²) in [5, 5.41) is 9.30. The van der Waals surface area contributed by atoms with Gasteiger partial charge in [-0.15, -0.1) is 0 Å². The number of carbonyl (C=O) groups excluding carboxylic acids is 2. The first-order valence-corrected chi connectivity index (χ1v) is 9.11. The Hall–Kier alpha value is -2.63. The Balaban J connectivity index is 3.08. The molecule has 148 valence electrons. The zero-order valence-corrected chi connectivity index (χ0v) is 16.5. The smallest absolute Gasteiger partial charge is 0.416 e. The molecule has 0 aliphatic heterocycles. The summed E-state index contributed by atoms with van der Waals surface area (Å²) in [5.74, 6) is -2.74. The van der Waals surface area contributed by atoms with E-state index in [2.05, 4.69) is 6.58 Å². The van der Waals surface area contributed by atoms with E-state index in [0.29, 0.717) is 12.8 Å². The van der Waals surface area contributed by atoms with Gasteiger partial charge < -0.3 is 9.84 Å². The molecule has 1 aromatic carbocycles. The molecule has 0 spiro atoms. The Morgan fingerprint density at radius 3 is 2.19 bits per heavy atom. The Kier molecular flexibility index (Phi) is 8.72. The normalized spacial score (nSPS) is 11.9. The van der Waals surface area contributed by atoms with Crippen molar-refractivity contribution in [1.82, 2.24) is 4.90 Å². The minimum atomic E-state index is -1.24. The van der Waals surface area contributed by atoms with Crippen molar-refractivity contribution in [2.45, 2.75) is 46.6 Å². The fourth-order valence-electron chi connectivity index (χ4n) is 2.64. The molecule has 1 atom stereocenters. The number of amides is 2. The SMILES string of the molecule is C=C(C(=O)O)C(CC(C)C)C(=O)N(CCc1ccccc1)C(=O)OC(C)C. The lowest BCUT2D eigenvalue weighted by molar-refractivity contribution is -0.139. The summed E-state index contributed by atoms with van der Waals surface area (Å²) in [6.07, 6.45) is -0.414. The van der Waals surface area contributed by atoms with Crippen LogP contribution in [0.25, 0.3) is 0 Å². The number of aliphatic carboxylic acids is 1. The molecule has 27 heavy (non-hydrogen) atoms. The molecule has 2 amide bonds. The van der Waals surface area contributed by atoms with E-state index in [1.807, 2.05) is 44.2 Å². The predicted octanol–water partition coefficient (Wildman–Crippen LogP) is 3.91. The molecule has 0 saturated carbocycles. The Bertz CT molecular complexity index is 666. The highest BCUT2D eigenvalue weighted by Gasteiger charge is 2.34. The molecule has 0 aliphatic carbocycles. The number of carboxylic acid groups (broad SMARTS) is 1. The van der Waals surface area contributed by atoms with E-state index in [0.717, 1.165) is 10.5 Å². The van der Waals surface area contributed by atoms with Gasteiger partial charge >= 0.3 is 12.1 Å². The first kappa shape index (κ1) is 22.4. The van der Waals surface area contributed by atoms with Gasteiger partial charge in [0.1, 0.15) is 0 Å². The molecule has 0 aromatic heterocycles. The van der Waals surface area contributed by atoms with Crippen molar-refractivity contribution in [3.8, 4) is 0 Å². The maximum absolute atomic E-state index is 13.1. The molecular formula is C21H29NO5. The summed E-state index contributed by atoms with van der Waals surface area (Å²) < 4.78 is 5.21. The lowest BCUT2D eigenvalue weighted by atomic mass is 9.89. The number of carbonyl (C=O) groups is 3. The van der Waals surface area contributed by atoms with Gasteiger partial charge in [0.05, 0.1) is 12.0 Å². The van der Waals surface area contributed by atoms with Crippen molar-refractivity contribution in [3.05, 3.63) is 48.0 Å². The summed E-state index contributed by atoms with van der Waals surface area (Å²) in [6, 6.07) is 9.44. The van der Waals surface area contributed by atoms with Gasteiger partial charge in [-0.05, 0) is 38.2 Å². The van der Waals surface area contributed by atoms with Crippen LogP contribution in [0, 0.1) is 11.8 Å². The van der Waals surface area contributed by atoms with Crippen molar-refractivity contribution in [1.29, 1.82) is 0 Å². The van der Waals surface area contributed by atoms with Gasteiger partial charge in [-0.3, -0.25) is 4.79 Å². The number of hydrogen-bond acceptors (Lipinski definition) is 4. The third-order valence-electron chi connectivity index (χ3n) is 3.99. The maximum Gasteiger partial charge on any atom is 0.416 e. The molecule has 0 saturated heterocycles. The van der Waals surface area contributed by atoms with Crippen LogP contribution in [0.3, 0.4) is 0 Å². The molecule has 1 rings (SSSR count). The van der Waals surface area contributed by atoms with Crippen LogP contribution in [0.5, 0.6) is 0 Å². The van der Waals surface area contributed by atoms with Gasteiger partial charge in [-0.1, -0.05) is 50.8 Å². The van der Waals surface area contributed by atoms with Crippen LogP contribution in [0.1, 0.15) is 39.7 Å². The second-order valence-corrected chi connectivity index (χ2v) is 7.17.